The van der Waals surface area contributed by atoms with Crippen LogP contribution < -0.4 is 4.90 Å². The van der Waals surface area contributed by atoms with Crippen LogP contribution in [0.25, 0.3) is 0 Å². The van der Waals surface area contributed by atoms with Crippen LogP contribution in [-0.4, -0.2) is 23.5 Å². The molecule has 1 heterocycles. The predicted octanol–water partition coefficient (Wildman–Crippen LogP) is 4.17. The van der Waals surface area contributed by atoms with Gasteiger partial charge in [0.1, 0.15) is 5.76 Å². The van der Waals surface area contributed by atoms with Gasteiger partial charge in [-0.2, -0.15) is 0 Å². The molecule has 1 aromatic rings. The van der Waals surface area contributed by atoms with Crippen molar-refractivity contribution in [2.75, 3.05) is 11.4 Å². The van der Waals surface area contributed by atoms with Crippen LogP contribution in [0.5, 0.6) is 0 Å². The fourth-order valence-corrected chi connectivity index (χ4v) is 4.08. The van der Waals surface area contributed by atoms with Gasteiger partial charge in [0.25, 0.3) is 0 Å². The second-order valence-corrected chi connectivity index (χ2v) is 6.73. The number of hydrogen-bond donors (Lipinski definition) is 1. The van der Waals surface area contributed by atoms with Gasteiger partial charge >= 0.3 is 0 Å². The molecule has 3 heteroatoms. The summed E-state index contributed by atoms with van der Waals surface area (Å²) in [5.41, 5.74) is 2.96. The average molecular weight is 299 g/mol. The number of carbonyl (C=O) groups excluding carboxylic acids is 1. The molecule has 1 aliphatic heterocycles. The normalized spacial score (nSPS) is 23.2. The number of aryl methyl sites for hydroxylation is 1. The molecule has 0 spiro atoms. The molecule has 1 atom stereocenters. The van der Waals surface area contributed by atoms with Crippen molar-refractivity contribution in [3.63, 3.8) is 0 Å². The summed E-state index contributed by atoms with van der Waals surface area (Å²) >= 11 is 0. The van der Waals surface area contributed by atoms with Crippen LogP contribution in [0.1, 0.15) is 44.6 Å². The molecule has 0 saturated heterocycles. The summed E-state index contributed by atoms with van der Waals surface area (Å²) in [7, 11) is 0. The Kier molecular flexibility index (Phi) is 4.23. The minimum Gasteiger partial charge on any atom is -0.510 e. The molecule has 3 rings (SSSR count). The van der Waals surface area contributed by atoms with E-state index in [9.17, 15) is 9.90 Å². The molecule has 118 valence electrons. The van der Waals surface area contributed by atoms with E-state index in [0.717, 1.165) is 18.5 Å². The van der Waals surface area contributed by atoms with Crippen molar-refractivity contribution in [1.82, 2.24) is 0 Å². The van der Waals surface area contributed by atoms with Gasteiger partial charge < -0.3 is 10.0 Å². The van der Waals surface area contributed by atoms with Crippen molar-refractivity contribution in [2.24, 2.45) is 5.92 Å². The number of benzene rings is 1. The first-order valence-electron chi connectivity index (χ1n) is 8.34. The largest absolute Gasteiger partial charge is 0.510 e. The molecule has 1 N–H and O–H groups in total. The predicted molar refractivity (Wildman–Crippen MR) is 89.2 cm³/mol. The maximum Gasteiger partial charge on any atom is 0.161 e. The molecule has 2 aliphatic rings. The standard InChI is InChI=1S/C19H25NO2/c1-13-7-6-10-16(11-13)20-12-17(22)18(14(2)21)19(20)15-8-4-3-5-9-15/h6-7,10-11,15,19,22H,3-5,8-9,12H2,1-2H3. The number of carbonyl (C=O) groups is 1. The molecule has 3 nitrogen and oxygen atoms in total. The van der Waals surface area contributed by atoms with Crippen molar-refractivity contribution < 1.29 is 9.90 Å². The summed E-state index contributed by atoms with van der Waals surface area (Å²) < 4.78 is 0. The Morgan fingerprint density at radius 3 is 2.59 bits per heavy atom. The molecular weight excluding hydrogens is 274 g/mol. The fraction of sp³-hybridized carbons (Fsp3) is 0.526. The Labute approximate surface area is 132 Å². The highest BCUT2D eigenvalue weighted by atomic mass is 16.3. The molecule has 0 amide bonds. The molecule has 0 aromatic heterocycles. The molecule has 1 aliphatic carbocycles. The molecule has 0 radical (unpaired) electrons. The van der Waals surface area contributed by atoms with E-state index in [1.54, 1.807) is 6.92 Å². The van der Waals surface area contributed by atoms with E-state index in [-0.39, 0.29) is 17.6 Å². The lowest BCUT2D eigenvalue weighted by Crippen LogP contribution is -2.40. The van der Waals surface area contributed by atoms with E-state index in [0.29, 0.717) is 18.0 Å². The van der Waals surface area contributed by atoms with Gasteiger partial charge in [0.2, 0.25) is 0 Å². The average Bonchev–Trinajstić information content (AvgIpc) is 2.86. The number of nitrogens with zero attached hydrogens (tertiary/aromatic N) is 1. The smallest absolute Gasteiger partial charge is 0.161 e. The third-order valence-electron chi connectivity index (χ3n) is 5.07. The molecule has 1 fully saturated rings. The Morgan fingerprint density at radius 1 is 1.23 bits per heavy atom. The Hall–Kier alpha value is -1.77. The van der Waals surface area contributed by atoms with Crippen molar-refractivity contribution in [3.8, 4) is 0 Å². The second kappa shape index (κ2) is 6.15. The number of hydrogen-bond acceptors (Lipinski definition) is 3. The summed E-state index contributed by atoms with van der Waals surface area (Å²) in [6, 6.07) is 8.39. The lowest BCUT2D eigenvalue weighted by atomic mass is 9.80. The summed E-state index contributed by atoms with van der Waals surface area (Å²) in [5.74, 6) is 0.755. The lowest BCUT2D eigenvalue weighted by molar-refractivity contribution is -0.114. The molecule has 1 saturated carbocycles. The van der Waals surface area contributed by atoms with Gasteiger partial charge in [0, 0.05) is 5.69 Å². The van der Waals surface area contributed by atoms with E-state index in [1.165, 1.54) is 24.8 Å². The zero-order chi connectivity index (χ0) is 15.7. The third kappa shape index (κ3) is 2.77. The van der Waals surface area contributed by atoms with Gasteiger partial charge in [0.15, 0.2) is 5.78 Å². The van der Waals surface area contributed by atoms with E-state index >= 15 is 0 Å². The van der Waals surface area contributed by atoms with E-state index in [1.807, 2.05) is 6.07 Å². The summed E-state index contributed by atoms with van der Waals surface area (Å²) in [6.07, 6.45) is 6.05. The van der Waals surface area contributed by atoms with Crippen molar-refractivity contribution in [3.05, 3.63) is 41.2 Å². The van der Waals surface area contributed by atoms with Gasteiger partial charge in [0.05, 0.1) is 18.2 Å². The number of rotatable bonds is 3. The van der Waals surface area contributed by atoms with Gasteiger partial charge in [-0.25, -0.2) is 0 Å². The first kappa shape index (κ1) is 15.1. The quantitative estimate of drug-likeness (QED) is 0.911. The maximum absolute atomic E-state index is 12.1. The first-order valence-corrected chi connectivity index (χ1v) is 8.34. The van der Waals surface area contributed by atoms with E-state index in [2.05, 4.69) is 30.0 Å². The minimum atomic E-state index is 0.0169. The summed E-state index contributed by atoms with van der Waals surface area (Å²) in [4.78, 5) is 14.3. The van der Waals surface area contributed by atoms with Gasteiger partial charge in [-0.3, -0.25) is 4.79 Å². The summed E-state index contributed by atoms with van der Waals surface area (Å²) in [6.45, 7) is 4.12. The van der Waals surface area contributed by atoms with Crippen LogP contribution >= 0.6 is 0 Å². The highest BCUT2D eigenvalue weighted by Gasteiger charge is 2.40. The monoisotopic (exact) mass is 299 g/mol. The zero-order valence-corrected chi connectivity index (χ0v) is 13.5. The first-order chi connectivity index (χ1) is 10.6. The maximum atomic E-state index is 12.1. The molecule has 0 bridgehead atoms. The molecule has 22 heavy (non-hydrogen) atoms. The number of aliphatic hydroxyl groups is 1. The van der Waals surface area contributed by atoms with Crippen molar-refractivity contribution >= 4 is 11.5 Å². The number of aliphatic hydroxyl groups excluding tert-OH is 1. The van der Waals surface area contributed by atoms with Crippen LogP contribution in [0.15, 0.2) is 35.6 Å². The molecule has 1 aromatic carbocycles. The van der Waals surface area contributed by atoms with Crippen molar-refractivity contribution in [2.45, 2.75) is 52.0 Å². The molecule has 1 unspecified atom stereocenters. The van der Waals surface area contributed by atoms with Gasteiger partial charge in [-0.15, -0.1) is 0 Å². The van der Waals surface area contributed by atoms with Crippen LogP contribution in [0, 0.1) is 12.8 Å². The number of anilines is 1. The zero-order valence-electron chi connectivity index (χ0n) is 13.5. The minimum absolute atomic E-state index is 0.0169. The number of ketones is 1. The number of Topliss-reactive ketones (excluding diaryl/α,β-unsaturated/α-hetero) is 1. The second-order valence-electron chi connectivity index (χ2n) is 6.73. The third-order valence-corrected chi connectivity index (χ3v) is 5.07. The fourth-order valence-electron chi connectivity index (χ4n) is 4.08. The Balaban J connectivity index is 1.97. The Bertz CT molecular complexity index is 599. The Morgan fingerprint density at radius 2 is 1.95 bits per heavy atom. The summed E-state index contributed by atoms with van der Waals surface area (Å²) in [5, 5.41) is 10.4. The van der Waals surface area contributed by atoms with Crippen molar-refractivity contribution in [1.29, 1.82) is 0 Å². The van der Waals surface area contributed by atoms with Gasteiger partial charge in [-0.1, -0.05) is 31.4 Å². The van der Waals surface area contributed by atoms with Crippen LogP contribution in [0.2, 0.25) is 0 Å². The molecular formula is C19H25NO2. The van der Waals surface area contributed by atoms with Crippen LogP contribution in [0.3, 0.4) is 0 Å². The van der Waals surface area contributed by atoms with E-state index in [4.69, 9.17) is 0 Å². The highest BCUT2D eigenvalue weighted by molar-refractivity contribution is 5.97. The van der Waals surface area contributed by atoms with Crippen LogP contribution in [-0.2, 0) is 4.79 Å². The lowest BCUT2D eigenvalue weighted by Gasteiger charge is -2.36. The SMILES string of the molecule is CC(=O)C1=C(O)CN(c2cccc(C)c2)C1C1CCCCC1. The topological polar surface area (TPSA) is 40.5 Å². The highest BCUT2D eigenvalue weighted by Crippen LogP contribution is 2.39. The van der Waals surface area contributed by atoms with Gasteiger partial charge in [-0.05, 0) is 50.3 Å². The van der Waals surface area contributed by atoms with Crippen LogP contribution in [0.4, 0.5) is 5.69 Å². The van der Waals surface area contributed by atoms with E-state index < -0.39 is 0 Å².